The number of rotatable bonds is 3. The van der Waals surface area contributed by atoms with Crippen molar-refractivity contribution in [2.75, 3.05) is 26.2 Å². The van der Waals surface area contributed by atoms with Gasteiger partial charge in [-0.3, -0.25) is 19.8 Å². The first-order valence-corrected chi connectivity index (χ1v) is 10.1. The molecule has 1 unspecified atom stereocenters. The van der Waals surface area contributed by atoms with E-state index in [1.807, 2.05) is 6.07 Å². The molecular weight excluding hydrogens is 358 g/mol. The van der Waals surface area contributed by atoms with Gasteiger partial charge in [0, 0.05) is 39.1 Å². The molecule has 3 heterocycles. The van der Waals surface area contributed by atoms with Gasteiger partial charge in [-0.1, -0.05) is 18.2 Å². The van der Waals surface area contributed by atoms with E-state index in [1.165, 1.54) is 16.0 Å². The van der Waals surface area contributed by atoms with Crippen LogP contribution in [-0.4, -0.2) is 59.0 Å². The fourth-order valence-electron chi connectivity index (χ4n) is 4.69. The highest BCUT2D eigenvalue weighted by Crippen LogP contribution is 2.29. The van der Waals surface area contributed by atoms with E-state index in [-0.39, 0.29) is 17.7 Å². The molecule has 0 aromatic heterocycles. The Morgan fingerprint density at radius 3 is 2.57 bits per heavy atom. The van der Waals surface area contributed by atoms with Crippen LogP contribution in [0.5, 0.6) is 0 Å². The lowest BCUT2D eigenvalue weighted by Gasteiger charge is -2.36. The van der Waals surface area contributed by atoms with E-state index in [0.717, 1.165) is 44.5 Å². The average molecular weight is 385 g/mol. The molecule has 150 valence electrons. The summed E-state index contributed by atoms with van der Waals surface area (Å²) in [5, 5.41) is 11.5. The summed E-state index contributed by atoms with van der Waals surface area (Å²) < 4.78 is 0. The number of hydrogen-bond acceptors (Lipinski definition) is 4. The lowest BCUT2D eigenvalue weighted by Crippen LogP contribution is -2.42. The number of carboxylic acid groups (broad SMARTS) is 1. The first-order chi connectivity index (χ1) is 13.5. The second-order valence-corrected chi connectivity index (χ2v) is 8.23. The number of likely N-dealkylation sites (tertiary alicyclic amines) is 1. The van der Waals surface area contributed by atoms with Crippen molar-refractivity contribution in [2.24, 2.45) is 5.92 Å². The quantitative estimate of drug-likeness (QED) is 0.777. The molecule has 1 aromatic rings. The number of carbonyl (C=O) groups excluding carboxylic acids is 2. The van der Waals surface area contributed by atoms with Crippen molar-refractivity contribution < 1.29 is 19.5 Å². The normalized spacial score (nSPS) is 24.0. The molecule has 0 saturated carbocycles. The summed E-state index contributed by atoms with van der Waals surface area (Å²) in [6, 6.07) is 6.32. The van der Waals surface area contributed by atoms with Gasteiger partial charge in [0.05, 0.1) is 5.92 Å². The molecule has 0 bridgehead atoms. The van der Waals surface area contributed by atoms with Crippen LogP contribution in [0.3, 0.4) is 0 Å². The Hall–Kier alpha value is -2.41. The minimum absolute atomic E-state index is 0.177. The number of nitrogens with zero attached hydrogens (tertiary/aromatic N) is 2. The van der Waals surface area contributed by atoms with Crippen molar-refractivity contribution in [2.45, 2.75) is 44.6 Å². The topological polar surface area (TPSA) is 90.0 Å². The minimum Gasteiger partial charge on any atom is -0.465 e. The molecule has 3 amide bonds. The molecule has 7 heteroatoms. The molecule has 2 N–H and O–H groups in total. The van der Waals surface area contributed by atoms with E-state index in [9.17, 15) is 14.4 Å². The zero-order chi connectivity index (χ0) is 19.7. The Balaban J connectivity index is 1.35. The van der Waals surface area contributed by atoms with E-state index >= 15 is 0 Å². The molecule has 2 saturated heterocycles. The monoisotopic (exact) mass is 385 g/mol. The van der Waals surface area contributed by atoms with Crippen LogP contribution < -0.4 is 5.32 Å². The number of hydrogen-bond donors (Lipinski definition) is 2. The van der Waals surface area contributed by atoms with E-state index in [4.69, 9.17) is 5.11 Å². The van der Waals surface area contributed by atoms with Crippen molar-refractivity contribution in [3.05, 3.63) is 34.9 Å². The van der Waals surface area contributed by atoms with Gasteiger partial charge in [-0.25, -0.2) is 4.79 Å². The summed E-state index contributed by atoms with van der Waals surface area (Å²) in [6.07, 6.45) is 3.02. The van der Waals surface area contributed by atoms with E-state index < -0.39 is 6.09 Å². The zero-order valence-corrected chi connectivity index (χ0v) is 16.0. The predicted molar refractivity (Wildman–Crippen MR) is 103 cm³/mol. The second kappa shape index (κ2) is 7.91. The van der Waals surface area contributed by atoms with E-state index in [0.29, 0.717) is 31.8 Å². The van der Waals surface area contributed by atoms with Crippen LogP contribution in [0.2, 0.25) is 0 Å². The molecule has 7 nitrogen and oxygen atoms in total. The van der Waals surface area contributed by atoms with Crippen molar-refractivity contribution in [1.29, 1.82) is 0 Å². The molecule has 0 aliphatic carbocycles. The molecule has 1 atom stereocenters. The van der Waals surface area contributed by atoms with Gasteiger partial charge in [0.15, 0.2) is 0 Å². The largest absolute Gasteiger partial charge is 0.465 e. The lowest BCUT2D eigenvalue weighted by atomic mass is 9.87. The van der Waals surface area contributed by atoms with Crippen LogP contribution in [0.1, 0.15) is 48.3 Å². The standard InChI is InChI=1S/C21H27N3O4/c25-19-4-3-18(20(26)22-19)16-1-2-17-13-23(8-7-15(17)11-16)12-14-5-9-24(10-6-14)21(27)28/h1-2,11,14,18H,3-10,12-13H2,(H,27,28)(H,22,25,26). The maximum absolute atomic E-state index is 12.1. The molecule has 0 spiro atoms. The molecule has 1 aromatic carbocycles. The van der Waals surface area contributed by atoms with Crippen LogP contribution in [0.4, 0.5) is 4.79 Å². The third-order valence-corrected chi connectivity index (χ3v) is 6.36. The number of imide groups is 1. The Bertz CT molecular complexity index is 786. The molecule has 28 heavy (non-hydrogen) atoms. The summed E-state index contributed by atoms with van der Waals surface area (Å²) in [7, 11) is 0. The smallest absolute Gasteiger partial charge is 0.407 e. The summed E-state index contributed by atoms with van der Waals surface area (Å²) in [6.45, 7) is 4.19. The maximum Gasteiger partial charge on any atom is 0.407 e. The van der Waals surface area contributed by atoms with Gasteiger partial charge in [0.1, 0.15) is 0 Å². The second-order valence-electron chi connectivity index (χ2n) is 8.23. The maximum atomic E-state index is 12.1. The Morgan fingerprint density at radius 1 is 1.07 bits per heavy atom. The number of piperidine rings is 2. The van der Waals surface area contributed by atoms with Crippen LogP contribution in [-0.2, 0) is 22.6 Å². The number of fused-ring (bicyclic) bond motifs is 1. The van der Waals surface area contributed by atoms with E-state index in [2.05, 4.69) is 22.3 Å². The Kier molecular flexibility index (Phi) is 5.35. The highest BCUT2D eigenvalue weighted by atomic mass is 16.4. The van der Waals surface area contributed by atoms with Gasteiger partial charge >= 0.3 is 6.09 Å². The molecular formula is C21H27N3O4. The molecule has 0 radical (unpaired) electrons. The zero-order valence-electron chi connectivity index (χ0n) is 16.0. The summed E-state index contributed by atoms with van der Waals surface area (Å²) in [5.74, 6) is -0.0225. The van der Waals surface area contributed by atoms with Gasteiger partial charge in [0.25, 0.3) is 0 Å². The van der Waals surface area contributed by atoms with Gasteiger partial charge in [-0.05, 0) is 48.3 Å². The fraction of sp³-hybridized carbons (Fsp3) is 0.571. The summed E-state index contributed by atoms with van der Waals surface area (Å²) in [5.41, 5.74) is 3.63. The SMILES string of the molecule is O=C1CCC(c2ccc3c(c2)CCN(CC2CCN(C(=O)O)CC2)C3)C(=O)N1. The van der Waals surface area contributed by atoms with Crippen molar-refractivity contribution in [3.63, 3.8) is 0 Å². The summed E-state index contributed by atoms with van der Waals surface area (Å²) >= 11 is 0. The minimum atomic E-state index is -0.808. The number of carbonyl (C=O) groups is 3. The molecule has 2 fully saturated rings. The average Bonchev–Trinajstić information content (AvgIpc) is 2.68. The molecule has 3 aliphatic rings. The molecule has 3 aliphatic heterocycles. The number of nitrogens with one attached hydrogen (secondary N) is 1. The van der Waals surface area contributed by atoms with Crippen LogP contribution in [0.15, 0.2) is 18.2 Å². The first-order valence-electron chi connectivity index (χ1n) is 10.1. The van der Waals surface area contributed by atoms with Crippen molar-refractivity contribution in [1.82, 2.24) is 15.1 Å². The Morgan fingerprint density at radius 2 is 1.86 bits per heavy atom. The van der Waals surface area contributed by atoms with Crippen molar-refractivity contribution >= 4 is 17.9 Å². The fourth-order valence-corrected chi connectivity index (χ4v) is 4.69. The van der Waals surface area contributed by atoms with Crippen LogP contribution in [0.25, 0.3) is 0 Å². The van der Waals surface area contributed by atoms with Gasteiger partial charge in [-0.2, -0.15) is 0 Å². The summed E-state index contributed by atoms with van der Waals surface area (Å²) in [4.78, 5) is 38.5. The van der Waals surface area contributed by atoms with Crippen molar-refractivity contribution in [3.8, 4) is 0 Å². The highest BCUT2D eigenvalue weighted by molar-refractivity contribution is 6.00. The van der Waals surface area contributed by atoms with Gasteiger partial charge in [0.2, 0.25) is 11.8 Å². The number of benzene rings is 1. The Labute approximate surface area is 164 Å². The predicted octanol–water partition coefficient (Wildman–Crippen LogP) is 1.95. The van der Waals surface area contributed by atoms with Crippen LogP contribution in [0, 0.1) is 5.92 Å². The van der Waals surface area contributed by atoms with E-state index in [1.54, 1.807) is 0 Å². The third kappa shape index (κ3) is 4.04. The van der Waals surface area contributed by atoms with Gasteiger partial charge in [-0.15, -0.1) is 0 Å². The third-order valence-electron chi connectivity index (χ3n) is 6.36. The number of amides is 3. The first kappa shape index (κ1) is 18.9. The molecule has 4 rings (SSSR count). The highest BCUT2D eigenvalue weighted by Gasteiger charge is 2.29. The lowest BCUT2D eigenvalue weighted by molar-refractivity contribution is -0.134. The van der Waals surface area contributed by atoms with Crippen LogP contribution >= 0.6 is 0 Å². The van der Waals surface area contributed by atoms with Gasteiger partial charge < -0.3 is 10.0 Å².